The fourth-order valence-corrected chi connectivity index (χ4v) is 4.25. The standard InChI is InChI=1S/C28H29N5O8S/c1-14(2)22(27(36)37)33-25(34)17-8-12-19(21(13-17)28(38)41-42(4,39)40)20-11-5-15(3)31-23(20)26(35)32-18-9-6-16(7-10-18)24(29)30/h5-14,22H,1-4H3,(H3,29,30)(H,32,35)(H,33,34)(H,36,37)/t22-/m0/s1. The van der Waals surface area contributed by atoms with Crippen molar-refractivity contribution in [3.8, 4) is 11.1 Å². The maximum Gasteiger partial charge on any atom is 0.354 e. The summed E-state index contributed by atoms with van der Waals surface area (Å²) in [7, 11) is -4.28. The van der Waals surface area contributed by atoms with Crippen molar-refractivity contribution < 1.29 is 36.9 Å². The van der Waals surface area contributed by atoms with Crippen molar-refractivity contribution in [3.63, 3.8) is 0 Å². The van der Waals surface area contributed by atoms with Crippen molar-refractivity contribution in [1.29, 1.82) is 5.41 Å². The number of aromatic nitrogens is 1. The normalized spacial score (nSPS) is 11.8. The van der Waals surface area contributed by atoms with E-state index in [9.17, 15) is 32.7 Å². The molecule has 0 aliphatic carbocycles. The molecule has 0 saturated heterocycles. The zero-order chi connectivity index (χ0) is 31.4. The topological polar surface area (TPSA) is 219 Å². The van der Waals surface area contributed by atoms with E-state index in [0.29, 0.717) is 23.2 Å². The number of anilines is 1. The number of amidine groups is 1. The van der Waals surface area contributed by atoms with Crippen molar-refractivity contribution in [3.05, 3.63) is 82.7 Å². The van der Waals surface area contributed by atoms with E-state index in [1.165, 1.54) is 30.3 Å². The Morgan fingerprint density at radius 2 is 1.55 bits per heavy atom. The highest BCUT2D eigenvalue weighted by atomic mass is 32.2. The number of aryl methyl sites for hydroxylation is 1. The summed E-state index contributed by atoms with van der Waals surface area (Å²) in [6.07, 6.45) is 0.672. The minimum absolute atomic E-state index is 0.0309. The number of nitrogen functional groups attached to an aromatic ring is 1. The smallest absolute Gasteiger partial charge is 0.354 e. The van der Waals surface area contributed by atoms with Gasteiger partial charge < -0.3 is 25.7 Å². The fraction of sp³-hybridized carbons (Fsp3) is 0.214. The Hall–Kier alpha value is -5.11. The number of hydrogen-bond acceptors (Lipinski definition) is 9. The van der Waals surface area contributed by atoms with Crippen LogP contribution in [0.3, 0.4) is 0 Å². The van der Waals surface area contributed by atoms with Gasteiger partial charge in [0.25, 0.3) is 11.8 Å². The molecule has 42 heavy (non-hydrogen) atoms. The van der Waals surface area contributed by atoms with E-state index >= 15 is 0 Å². The Bertz CT molecular complexity index is 1680. The van der Waals surface area contributed by atoms with Crippen LogP contribution in [0.5, 0.6) is 0 Å². The number of pyridine rings is 1. The molecular formula is C28H29N5O8S. The Labute approximate surface area is 241 Å². The predicted molar refractivity (Wildman–Crippen MR) is 154 cm³/mol. The first kappa shape index (κ1) is 31.4. The largest absolute Gasteiger partial charge is 0.480 e. The highest BCUT2D eigenvalue weighted by Crippen LogP contribution is 2.30. The first-order valence-electron chi connectivity index (χ1n) is 12.4. The average Bonchev–Trinajstić information content (AvgIpc) is 2.90. The summed E-state index contributed by atoms with van der Waals surface area (Å²) in [5.41, 5.74) is 6.24. The molecule has 2 aromatic carbocycles. The van der Waals surface area contributed by atoms with Gasteiger partial charge in [-0.15, -0.1) is 0 Å². The maximum absolute atomic E-state index is 13.3. The van der Waals surface area contributed by atoms with E-state index < -0.39 is 45.8 Å². The van der Waals surface area contributed by atoms with Crippen LogP contribution in [-0.4, -0.2) is 60.4 Å². The van der Waals surface area contributed by atoms with Crippen LogP contribution >= 0.6 is 0 Å². The molecule has 1 aromatic heterocycles. The molecule has 0 unspecified atom stereocenters. The minimum Gasteiger partial charge on any atom is -0.480 e. The fourth-order valence-electron chi connectivity index (χ4n) is 3.88. The number of nitrogens with one attached hydrogen (secondary N) is 3. The molecule has 14 heteroatoms. The number of hydrogen-bond donors (Lipinski definition) is 5. The molecule has 13 nitrogen and oxygen atoms in total. The average molecular weight is 596 g/mol. The molecule has 0 spiro atoms. The zero-order valence-electron chi connectivity index (χ0n) is 23.1. The lowest BCUT2D eigenvalue weighted by Gasteiger charge is -2.19. The maximum atomic E-state index is 13.3. The van der Waals surface area contributed by atoms with Gasteiger partial charge in [-0.25, -0.2) is 14.6 Å². The Morgan fingerprint density at radius 1 is 0.952 bits per heavy atom. The van der Waals surface area contributed by atoms with E-state index in [2.05, 4.69) is 19.8 Å². The third-order valence-corrected chi connectivity index (χ3v) is 6.40. The van der Waals surface area contributed by atoms with Crippen LogP contribution in [0.2, 0.25) is 0 Å². The van der Waals surface area contributed by atoms with Crippen LogP contribution in [0.4, 0.5) is 5.69 Å². The van der Waals surface area contributed by atoms with E-state index in [4.69, 9.17) is 11.1 Å². The summed E-state index contributed by atoms with van der Waals surface area (Å²) in [5.74, 6) is -4.70. The third-order valence-electron chi connectivity index (χ3n) is 5.94. The summed E-state index contributed by atoms with van der Waals surface area (Å²) in [6, 6.07) is 11.7. The van der Waals surface area contributed by atoms with E-state index in [1.54, 1.807) is 39.0 Å². The van der Waals surface area contributed by atoms with Gasteiger partial charge in [-0.2, -0.15) is 8.42 Å². The van der Waals surface area contributed by atoms with Crippen LogP contribution in [0.25, 0.3) is 11.1 Å². The number of amides is 2. The second-order valence-electron chi connectivity index (χ2n) is 9.66. The van der Waals surface area contributed by atoms with Gasteiger partial charge in [0.1, 0.15) is 17.6 Å². The lowest BCUT2D eigenvalue weighted by atomic mass is 9.95. The predicted octanol–water partition coefficient (Wildman–Crippen LogP) is 2.55. The number of benzene rings is 2. The van der Waals surface area contributed by atoms with Crippen molar-refractivity contribution >= 4 is 45.4 Å². The molecule has 0 aliphatic rings. The zero-order valence-corrected chi connectivity index (χ0v) is 23.9. The van der Waals surface area contributed by atoms with Crippen LogP contribution in [-0.2, 0) is 19.1 Å². The summed E-state index contributed by atoms with van der Waals surface area (Å²) < 4.78 is 28.1. The number of carbonyl (C=O) groups excluding carboxylic acids is 3. The molecule has 3 rings (SSSR count). The Balaban J connectivity index is 2.11. The van der Waals surface area contributed by atoms with E-state index in [1.807, 2.05) is 0 Å². The number of carboxylic acid groups (broad SMARTS) is 1. The Kier molecular flexibility index (Phi) is 9.42. The van der Waals surface area contributed by atoms with Gasteiger partial charge in [-0.3, -0.25) is 15.0 Å². The van der Waals surface area contributed by atoms with E-state index in [-0.39, 0.29) is 33.8 Å². The molecule has 6 N–H and O–H groups in total. The number of carbonyl (C=O) groups is 4. The lowest BCUT2D eigenvalue weighted by molar-refractivity contribution is -0.140. The molecule has 0 aliphatic heterocycles. The summed E-state index contributed by atoms with van der Waals surface area (Å²) in [4.78, 5) is 55.2. The molecular weight excluding hydrogens is 566 g/mol. The number of rotatable bonds is 10. The molecule has 1 atom stereocenters. The monoisotopic (exact) mass is 595 g/mol. The van der Waals surface area contributed by atoms with Gasteiger partial charge in [0.2, 0.25) is 0 Å². The molecule has 0 radical (unpaired) electrons. The SMILES string of the molecule is Cc1ccc(-c2ccc(C(=O)N[C@H](C(=O)O)C(C)C)cc2C(=O)OS(C)(=O)=O)c(C(=O)Nc2ccc(C(=N)N)cc2)n1. The summed E-state index contributed by atoms with van der Waals surface area (Å²) >= 11 is 0. The van der Waals surface area contributed by atoms with Crippen molar-refractivity contribution in [2.75, 3.05) is 11.6 Å². The van der Waals surface area contributed by atoms with Gasteiger partial charge >= 0.3 is 22.1 Å². The first-order chi connectivity index (χ1) is 19.6. The number of nitrogens with zero attached hydrogens (tertiary/aromatic N) is 1. The Morgan fingerprint density at radius 3 is 2.10 bits per heavy atom. The number of carboxylic acids is 1. The minimum atomic E-state index is -4.28. The molecule has 0 bridgehead atoms. The summed E-state index contributed by atoms with van der Waals surface area (Å²) in [6.45, 7) is 4.85. The van der Waals surface area contributed by atoms with Crippen molar-refractivity contribution in [2.45, 2.75) is 26.8 Å². The van der Waals surface area contributed by atoms with Crippen LogP contribution < -0.4 is 16.4 Å². The second kappa shape index (κ2) is 12.6. The quantitative estimate of drug-likeness (QED) is 0.131. The van der Waals surface area contributed by atoms with Crippen molar-refractivity contribution in [1.82, 2.24) is 10.3 Å². The first-order valence-corrected chi connectivity index (χ1v) is 14.2. The highest BCUT2D eigenvalue weighted by Gasteiger charge is 2.27. The van der Waals surface area contributed by atoms with Gasteiger partial charge in [0.15, 0.2) is 0 Å². The molecule has 0 saturated carbocycles. The van der Waals surface area contributed by atoms with Crippen LogP contribution in [0.1, 0.15) is 56.3 Å². The van der Waals surface area contributed by atoms with Gasteiger partial charge in [-0.05, 0) is 60.9 Å². The van der Waals surface area contributed by atoms with Crippen LogP contribution in [0, 0.1) is 18.3 Å². The van der Waals surface area contributed by atoms with Crippen LogP contribution in [0.15, 0.2) is 54.6 Å². The lowest BCUT2D eigenvalue weighted by Crippen LogP contribution is -2.44. The number of aliphatic carboxylic acids is 1. The molecule has 2 amide bonds. The van der Waals surface area contributed by atoms with Gasteiger partial charge in [-0.1, -0.05) is 26.0 Å². The molecule has 220 valence electrons. The summed E-state index contributed by atoms with van der Waals surface area (Å²) in [5, 5.41) is 22.0. The molecule has 0 fully saturated rings. The highest BCUT2D eigenvalue weighted by molar-refractivity contribution is 7.86. The van der Waals surface area contributed by atoms with Gasteiger partial charge in [0.05, 0.1) is 11.8 Å². The molecule has 1 heterocycles. The van der Waals surface area contributed by atoms with E-state index in [0.717, 1.165) is 6.07 Å². The van der Waals surface area contributed by atoms with Crippen molar-refractivity contribution in [2.24, 2.45) is 11.7 Å². The third kappa shape index (κ3) is 7.75. The number of nitrogens with two attached hydrogens (primary N) is 1. The second-order valence-corrected chi connectivity index (χ2v) is 11.2. The molecule has 3 aromatic rings. The van der Waals surface area contributed by atoms with Gasteiger partial charge in [0, 0.05) is 28.1 Å².